The third kappa shape index (κ3) is 4.30. The largest absolute Gasteiger partial charge is 0.277 e. The molecule has 1 aliphatic heterocycles. The first kappa shape index (κ1) is 19.8. The molecule has 2 aromatic rings. The third-order valence-corrected chi connectivity index (χ3v) is 5.28. The van der Waals surface area contributed by atoms with E-state index in [0.29, 0.717) is 11.3 Å². The molecule has 4 nitrogen and oxygen atoms in total. The van der Waals surface area contributed by atoms with E-state index >= 15 is 0 Å². The van der Waals surface area contributed by atoms with E-state index < -0.39 is 5.91 Å². The molecule has 0 unspecified atom stereocenters. The van der Waals surface area contributed by atoms with Gasteiger partial charge in [-0.3, -0.25) is 14.6 Å². The van der Waals surface area contributed by atoms with E-state index in [1.165, 1.54) is 24.9 Å². The fraction of sp³-hybridized carbons (Fsp3) is 0.0909. The average Bonchev–Trinajstić information content (AvgIpc) is 2.83. The van der Waals surface area contributed by atoms with Crippen molar-refractivity contribution in [2.75, 3.05) is 7.11 Å². The van der Waals surface area contributed by atoms with E-state index in [0.717, 1.165) is 21.1 Å². The van der Waals surface area contributed by atoms with Crippen molar-refractivity contribution in [1.82, 2.24) is 5.48 Å². The molecule has 28 heavy (non-hydrogen) atoms. The van der Waals surface area contributed by atoms with Crippen LogP contribution in [0.1, 0.15) is 18.1 Å². The van der Waals surface area contributed by atoms with Crippen molar-refractivity contribution in [3.63, 3.8) is 0 Å². The van der Waals surface area contributed by atoms with E-state index in [1.54, 1.807) is 30.4 Å². The molecule has 0 fully saturated rings. The smallest absolute Gasteiger partial charge is 0.274 e. The van der Waals surface area contributed by atoms with Gasteiger partial charge in [0.2, 0.25) is 0 Å². The van der Waals surface area contributed by atoms with Crippen molar-refractivity contribution in [2.45, 2.75) is 11.8 Å². The summed E-state index contributed by atoms with van der Waals surface area (Å²) in [5.41, 5.74) is 5.08. The monoisotopic (exact) mass is 394 g/mol. The van der Waals surface area contributed by atoms with Crippen LogP contribution < -0.4 is 5.48 Å². The maximum Gasteiger partial charge on any atom is 0.274 e. The number of nitrogens with zero attached hydrogens (tertiary/aromatic N) is 1. The first-order valence-electron chi connectivity index (χ1n) is 8.53. The number of allylic oxidation sites excluding steroid dienone is 2. The zero-order valence-corrected chi connectivity index (χ0v) is 16.3. The Morgan fingerprint density at radius 1 is 1.18 bits per heavy atom. The minimum atomic E-state index is -0.424. The van der Waals surface area contributed by atoms with Gasteiger partial charge in [0.1, 0.15) is 5.82 Å². The van der Waals surface area contributed by atoms with E-state index in [1.807, 2.05) is 31.2 Å². The SMILES string of the molecule is C=C(/C=C\C1=C(C)N=C(c2ccccc2F)c2ccccc2S1)C(=O)NOC. The Morgan fingerprint density at radius 3 is 2.57 bits per heavy atom. The number of carbonyl (C=O) groups is 1. The molecule has 0 saturated heterocycles. The highest BCUT2D eigenvalue weighted by Gasteiger charge is 2.20. The minimum absolute atomic E-state index is 0.249. The molecule has 142 valence electrons. The van der Waals surface area contributed by atoms with Gasteiger partial charge in [0.25, 0.3) is 5.91 Å². The van der Waals surface area contributed by atoms with Gasteiger partial charge < -0.3 is 0 Å². The van der Waals surface area contributed by atoms with E-state index in [-0.39, 0.29) is 11.4 Å². The summed E-state index contributed by atoms with van der Waals surface area (Å²) in [7, 11) is 1.36. The number of halogens is 1. The van der Waals surface area contributed by atoms with Crippen LogP contribution in [0, 0.1) is 5.82 Å². The number of fused-ring (bicyclic) bond motifs is 1. The quantitative estimate of drug-likeness (QED) is 0.451. The standard InChI is InChI=1S/C22H19FN2O2S/c1-14(22(26)25-27-3)12-13-19-15(2)24-21(16-8-4-6-10-18(16)23)17-9-5-7-11-20(17)28-19/h4-13H,1H2,2-3H3,(H,25,26)/b13-12-. The summed E-state index contributed by atoms with van der Waals surface area (Å²) in [6.45, 7) is 5.59. The second-order valence-corrected chi connectivity index (χ2v) is 7.07. The molecule has 1 N–H and O–H groups in total. The van der Waals surface area contributed by atoms with Gasteiger partial charge in [0.05, 0.1) is 18.5 Å². The van der Waals surface area contributed by atoms with E-state index in [9.17, 15) is 9.18 Å². The molecule has 3 rings (SSSR count). The number of hydrogen-bond acceptors (Lipinski definition) is 4. The molecule has 0 spiro atoms. The maximum absolute atomic E-state index is 14.5. The van der Waals surface area contributed by atoms with Gasteiger partial charge in [-0.2, -0.15) is 0 Å². The van der Waals surface area contributed by atoms with Gasteiger partial charge in [0.15, 0.2) is 0 Å². The highest BCUT2D eigenvalue weighted by atomic mass is 32.2. The Kier molecular flexibility index (Phi) is 6.23. The molecule has 1 aliphatic rings. The molecule has 0 radical (unpaired) electrons. The lowest BCUT2D eigenvalue weighted by Crippen LogP contribution is -2.22. The Balaban J connectivity index is 2.05. The molecule has 0 bridgehead atoms. The minimum Gasteiger partial charge on any atom is -0.277 e. The lowest BCUT2D eigenvalue weighted by Gasteiger charge is -2.10. The molecule has 2 aromatic carbocycles. The van der Waals surface area contributed by atoms with Crippen LogP contribution in [0.5, 0.6) is 0 Å². The van der Waals surface area contributed by atoms with Crippen molar-refractivity contribution >= 4 is 23.4 Å². The van der Waals surface area contributed by atoms with Crippen molar-refractivity contribution < 1.29 is 14.0 Å². The Morgan fingerprint density at radius 2 is 1.86 bits per heavy atom. The summed E-state index contributed by atoms with van der Waals surface area (Å²) in [5.74, 6) is -0.746. The molecule has 0 aliphatic carbocycles. The van der Waals surface area contributed by atoms with Crippen LogP contribution in [0.3, 0.4) is 0 Å². The molecule has 0 aromatic heterocycles. The topological polar surface area (TPSA) is 50.7 Å². The number of rotatable bonds is 5. The fourth-order valence-electron chi connectivity index (χ4n) is 2.65. The Hall–Kier alpha value is -2.96. The van der Waals surface area contributed by atoms with Crippen LogP contribution in [0.25, 0.3) is 0 Å². The van der Waals surface area contributed by atoms with Gasteiger partial charge in [0, 0.05) is 26.5 Å². The summed E-state index contributed by atoms with van der Waals surface area (Å²) in [4.78, 5) is 22.9. The van der Waals surface area contributed by atoms with Crippen molar-refractivity contribution in [2.24, 2.45) is 4.99 Å². The van der Waals surface area contributed by atoms with E-state index in [2.05, 4.69) is 16.9 Å². The fourth-order valence-corrected chi connectivity index (χ4v) is 3.64. The van der Waals surface area contributed by atoms with Crippen LogP contribution in [0.15, 0.2) is 93.3 Å². The Labute approximate surface area is 167 Å². The van der Waals surface area contributed by atoms with Crippen molar-refractivity contribution in [1.29, 1.82) is 0 Å². The molecule has 6 heteroatoms. The number of amides is 1. The number of hydrogen-bond donors (Lipinski definition) is 1. The Bertz CT molecular complexity index is 1020. The predicted molar refractivity (Wildman–Crippen MR) is 110 cm³/mol. The highest BCUT2D eigenvalue weighted by Crippen LogP contribution is 2.37. The number of aliphatic imine (C=N–C) groups is 1. The summed E-state index contributed by atoms with van der Waals surface area (Å²) in [5, 5.41) is 0. The van der Waals surface area contributed by atoms with Crippen LogP contribution in [0.2, 0.25) is 0 Å². The molecule has 1 amide bonds. The lowest BCUT2D eigenvalue weighted by molar-refractivity contribution is -0.126. The predicted octanol–water partition coefficient (Wildman–Crippen LogP) is 4.79. The normalized spacial score (nSPS) is 13.8. The van der Waals surface area contributed by atoms with E-state index in [4.69, 9.17) is 4.99 Å². The van der Waals surface area contributed by atoms with Crippen LogP contribution in [-0.4, -0.2) is 18.7 Å². The van der Waals surface area contributed by atoms with Gasteiger partial charge in [-0.25, -0.2) is 9.87 Å². The van der Waals surface area contributed by atoms with Gasteiger partial charge >= 0.3 is 0 Å². The van der Waals surface area contributed by atoms with Gasteiger partial charge in [-0.1, -0.05) is 48.7 Å². The van der Waals surface area contributed by atoms with Gasteiger partial charge in [-0.15, -0.1) is 0 Å². The first-order chi connectivity index (χ1) is 13.5. The highest BCUT2D eigenvalue weighted by molar-refractivity contribution is 8.03. The molecular weight excluding hydrogens is 375 g/mol. The van der Waals surface area contributed by atoms with Gasteiger partial charge in [-0.05, 0) is 37.3 Å². The summed E-state index contributed by atoms with van der Waals surface area (Å²) in [6.07, 6.45) is 3.38. The second kappa shape index (κ2) is 8.82. The molecule has 0 atom stereocenters. The summed E-state index contributed by atoms with van der Waals surface area (Å²) >= 11 is 1.51. The average molecular weight is 394 g/mol. The van der Waals surface area contributed by atoms with Crippen LogP contribution in [0.4, 0.5) is 4.39 Å². The summed E-state index contributed by atoms with van der Waals surface area (Å²) < 4.78 is 14.5. The number of thioether (sulfide) groups is 1. The second-order valence-electron chi connectivity index (χ2n) is 5.98. The first-order valence-corrected chi connectivity index (χ1v) is 9.35. The zero-order valence-electron chi connectivity index (χ0n) is 15.5. The molecule has 0 saturated carbocycles. The number of nitrogens with one attached hydrogen (secondary N) is 1. The van der Waals surface area contributed by atoms with Crippen LogP contribution in [-0.2, 0) is 9.63 Å². The third-order valence-electron chi connectivity index (χ3n) is 4.05. The van der Waals surface area contributed by atoms with Crippen LogP contribution >= 0.6 is 11.8 Å². The maximum atomic E-state index is 14.5. The number of hydroxylamine groups is 1. The zero-order chi connectivity index (χ0) is 20.1. The molecule has 1 heterocycles. The summed E-state index contributed by atoms with van der Waals surface area (Å²) in [6, 6.07) is 14.3. The lowest BCUT2D eigenvalue weighted by atomic mass is 10.0. The number of carbonyl (C=O) groups excluding carboxylic acids is 1. The van der Waals surface area contributed by atoms with Crippen molar-refractivity contribution in [3.8, 4) is 0 Å². The molecular formula is C22H19FN2O2S. The number of benzene rings is 2. The van der Waals surface area contributed by atoms with Crippen molar-refractivity contribution in [3.05, 3.63) is 100 Å².